The molecule has 1 aromatic carbocycles. The van der Waals surface area contributed by atoms with E-state index in [0.29, 0.717) is 25.0 Å². The van der Waals surface area contributed by atoms with E-state index < -0.39 is 6.29 Å². The van der Waals surface area contributed by atoms with Crippen molar-refractivity contribution in [3.8, 4) is 11.5 Å². The number of para-hydroxylation sites is 1. The number of carbonyl (C=O) groups excluding carboxylic acids is 1. The van der Waals surface area contributed by atoms with Crippen molar-refractivity contribution in [1.29, 1.82) is 0 Å². The molecule has 0 aliphatic carbocycles. The second-order valence-corrected chi connectivity index (χ2v) is 8.23. The lowest BCUT2D eigenvalue weighted by Gasteiger charge is -2.42. The monoisotopic (exact) mass is 394 g/mol. The van der Waals surface area contributed by atoms with Gasteiger partial charge in [-0.2, -0.15) is 0 Å². The van der Waals surface area contributed by atoms with Crippen molar-refractivity contribution >= 4 is 5.91 Å². The summed E-state index contributed by atoms with van der Waals surface area (Å²) in [7, 11) is 0. The molecular weight excluding hydrogens is 370 g/mol. The van der Waals surface area contributed by atoms with Gasteiger partial charge in [0.15, 0.2) is 11.5 Å². The van der Waals surface area contributed by atoms with Crippen molar-refractivity contribution in [2.24, 2.45) is 11.3 Å². The lowest BCUT2D eigenvalue weighted by molar-refractivity contribution is -0.286. The van der Waals surface area contributed by atoms with E-state index >= 15 is 0 Å². The maximum atomic E-state index is 13.4. The smallest absolute Gasteiger partial charge is 0.395 e. The number of likely N-dealkylation sites (N-methyl/N-ethyl adjacent to an activating group) is 1. The van der Waals surface area contributed by atoms with Crippen LogP contribution >= 0.6 is 0 Å². The molecule has 1 amide bonds. The van der Waals surface area contributed by atoms with E-state index in [9.17, 15) is 13.6 Å². The first-order chi connectivity index (χ1) is 13.4. The molecule has 4 aliphatic heterocycles. The third kappa shape index (κ3) is 2.69. The lowest BCUT2D eigenvalue weighted by atomic mass is 9.70. The van der Waals surface area contributed by atoms with Gasteiger partial charge < -0.3 is 19.1 Å². The van der Waals surface area contributed by atoms with Gasteiger partial charge in [-0.15, -0.1) is 8.78 Å². The molecule has 28 heavy (non-hydrogen) atoms. The van der Waals surface area contributed by atoms with Crippen LogP contribution in [0.2, 0.25) is 0 Å². The number of fused-ring (bicyclic) bond motifs is 3. The van der Waals surface area contributed by atoms with Crippen LogP contribution in [-0.2, 0) is 4.74 Å². The fraction of sp³-hybridized carbons (Fsp3) is 0.650. The molecule has 0 N–H and O–H groups in total. The number of nitrogens with zero attached hydrogens (tertiary/aromatic N) is 2. The zero-order chi connectivity index (χ0) is 19.5. The Morgan fingerprint density at radius 1 is 1.21 bits per heavy atom. The molecule has 152 valence electrons. The fourth-order valence-corrected chi connectivity index (χ4v) is 5.46. The van der Waals surface area contributed by atoms with E-state index in [1.807, 2.05) is 0 Å². The molecule has 1 aromatic rings. The average Bonchev–Trinajstić information content (AvgIpc) is 3.35. The summed E-state index contributed by atoms with van der Waals surface area (Å²) in [5.74, 6) is -0.0246. The van der Waals surface area contributed by atoms with Crippen molar-refractivity contribution < 1.29 is 27.8 Å². The van der Waals surface area contributed by atoms with Crippen LogP contribution in [0.5, 0.6) is 11.5 Å². The van der Waals surface area contributed by atoms with Gasteiger partial charge in [0, 0.05) is 31.6 Å². The Labute approximate surface area is 162 Å². The van der Waals surface area contributed by atoms with Gasteiger partial charge in [0.2, 0.25) is 0 Å². The third-order valence-corrected chi connectivity index (χ3v) is 6.94. The molecule has 1 spiro atoms. The summed E-state index contributed by atoms with van der Waals surface area (Å²) in [6.45, 7) is 7.05. The molecule has 4 heterocycles. The largest absolute Gasteiger partial charge is 0.586 e. The lowest BCUT2D eigenvalue weighted by Crippen LogP contribution is -2.47. The molecule has 0 unspecified atom stereocenters. The summed E-state index contributed by atoms with van der Waals surface area (Å²) in [6.07, 6.45) is -1.92. The van der Waals surface area contributed by atoms with E-state index in [4.69, 9.17) is 4.74 Å². The minimum atomic E-state index is -3.73. The van der Waals surface area contributed by atoms with Gasteiger partial charge in [0.05, 0.1) is 18.8 Å². The van der Waals surface area contributed by atoms with Crippen molar-refractivity contribution in [1.82, 2.24) is 9.80 Å². The zero-order valence-corrected chi connectivity index (χ0v) is 15.8. The first kappa shape index (κ1) is 18.1. The van der Waals surface area contributed by atoms with E-state index in [0.717, 1.165) is 39.1 Å². The summed E-state index contributed by atoms with van der Waals surface area (Å²) in [5, 5.41) is 0. The third-order valence-electron chi connectivity index (χ3n) is 6.94. The number of alkyl halides is 2. The van der Waals surface area contributed by atoms with Crippen LogP contribution in [0.3, 0.4) is 0 Å². The SMILES string of the molecule is CCN1CC2(CCN(C(=O)c3cccc4c3OC(F)(F)O4)CC2)[C@H]2COC[C@H]21. The van der Waals surface area contributed by atoms with Gasteiger partial charge in [-0.05, 0) is 36.9 Å². The van der Waals surface area contributed by atoms with Gasteiger partial charge in [0.25, 0.3) is 5.91 Å². The van der Waals surface area contributed by atoms with Gasteiger partial charge in [-0.25, -0.2) is 0 Å². The van der Waals surface area contributed by atoms with Gasteiger partial charge in [-0.1, -0.05) is 13.0 Å². The number of halogens is 2. The summed E-state index contributed by atoms with van der Waals surface area (Å²) in [5.41, 5.74) is 0.313. The van der Waals surface area contributed by atoms with Crippen LogP contribution in [0.15, 0.2) is 18.2 Å². The number of piperidine rings is 1. The Kier molecular flexibility index (Phi) is 4.07. The minimum absolute atomic E-state index is 0.0929. The van der Waals surface area contributed by atoms with Gasteiger partial charge in [0.1, 0.15) is 0 Å². The summed E-state index contributed by atoms with van der Waals surface area (Å²) in [4.78, 5) is 17.3. The highest BCUT2D eigenvalue weighted by atomic mass is 19.3. The van der Waals surface area contributed by atoms with Crippen molar-refractivity contribution in [3.05, 3.63) is 23.8 Å². The molecule has 2 atom stereocenters. The number of likely N-dealkylation sites (tertiary alicyclic amines) is 2. The maximum Gasteiger partial charge on any atom is 0.586 e. The second kappa shape index (κ2) is 6.29. The summed E-state index contributed by atoms with van der Waals surface area (Å²) >= 11 is 0. The summed E-state index contributed by atoms with van der Waals surface area (Å²) in [6, 6.07) is 4.93. The first-order valence-electron chi connectivity index (χ1n) is 9.92. The number of carbonyl (C=O) groups is 1. The normalized spacial score (nSPS) is 30.0. The molecule has 0 bridgehead atoms. The quantitative estimate of drug-likeness (QED) is 0.772. The molecule has 4 aliphatic rings. The Morgan fingerprint density at radius 3 is 2.75 bits per heavy atom. The molecular formula is C20H24F2N2O4. The number of hydrogen-bond acceptors (Lipinski definition) is 5. The standard InChI is InChI=1S/C20H24F2N2O4/c1-2-23-12-19(14-10-26-11-15(14)23)6-8-24(9-7-19)18(25)13-4-3-5-16-17(13)28-20(21,22)27-16/h3-5,14-15H,2,6-12H2,1H3/t14-,15+/m0/s1. The number of hydrogen-bond donors (Lipinski definition) is 0. The molecule has 8 heteroatoms. The van der Waals surface area contributed by atoms with Crippen LogP contribution in [0.4, 0.5) is 8.78 Å². The molecule has 3 fully saturated rings. The fourth-order valence-electron chi connectivity index (χ4n) is 5.46. The van der Waals surface area contributed by atoms with E-state index in [2.05, 4.69) is 21.3 Å². The van der Waals surface area contributed by atoms with E-state index in [1.165, 1.54) is 12.1 Å². The Morgan fingerprint density at radius 2 is 2.00 bits per heavy atom. The second-order valence-electron chi connectivity index (χ2n) is 8.23. The first-order valence-corrected chi connectivity index (χ1v) is 9.92. The maximum absolute atomic E-state index is 13.4. The molecule has 3 saturated heterocycles. The van der Waals surface area contributed by atoms with Crippen molar-refractivity contribution in [2.75, 3.05) is 39.4 Å². The molecule has 0 aromatic heterocycles. The van der Waals surface area contributed by atoms with Crippen molar-refractivity contribution in [3.63, 3.8) is 0 Å². The predicted octanol–water partition coefficient (Wildman–Crippen LogP) is 2.58. The van der Waals surface area contributed by atoms with Gasteiger partial charge in [-0.3, -0.25) is 9.69 Å². The van der Waals surface area contributed by atoms with Crippen LogP contribution in [0, 0.1) is 11.3 Å². The number of benzene rings is 1. The highest BCUT2D eigenvalue weighted by Crippen LogP contribution is 2.50. The van der Waals surface area contributed by atoms with E-state index in [1.54, 1.807) is 11.0 Å². The molecule has 0 saturated carbocycles. The summed E-state index contributed by atoms with van der Waals surface area (Å²) < 4.78 is 41.7. The Bertz CT molecular complexity index is 794. The average molecular weight is 394 g/mol. The molecule has 5 rings (SSSR count). The zero-order valence-electron chi connectivity index (χ0n) is 15.8. The minimum Gasteiger partial charge on any atom is -0.395 e. The van der Waals surface area contributed by atoms with Gasteiger partial charge >= 0.3 is 6.29 Å². The van der Waals surface area contributed by atoms with Crippen LogP contribution in [0.1, 0.15) is 30.1 Å². The highest BCUT2D eigenvalue weighted by Gasteiger charge is 2.55. The molecule has 6 nitrogen and oxygen atoms in total. The van der Waals surface area contributed by atoms with Crippen LogP contribution in [-0.4, -0.2) is 67.4 Å². The molecule has 0 radical (unpaired) electrons. The topological polar surface area (TPSA) is 51.2 Å². The Hall–Kier alpha value is -1.93. The van der Waals surface area contributed by atoms with Crippen LogP contribution < -0.4 is 9.47 Å². The highest BCUT2D eigenvalue weighted by molar-refractivity contribution is 5.98. The predicted molar refractivity (Wildman–Crippen MR) is 95.6 cm³/mol. The Balaban J connectivity index is 1.32. The van der Waals surface area contributed by atoms with Crippen molar-refractivity contribution in [2.45, 2.75) is 32.1 Å². The number of ether oxygens (including phenoxy) is 3. The van der Waals surface area contributed by atoms with Crippen LogP contribution in [0.25, 0.3) is 0 Å². The number of rotatable bonds is 2. The number of amides is 1. The van der Waals surface area contributed by atoms with E-state index in [-0.39, 0.29) is 28.4 Å².